The molecule has 20 heavy (non-hydrogen) atoms. The Morgan fingerprint density at radius 1 is 1.15 bits per heavy atom. The van der Waals surface area contributed by atoms with Crippen LogP contribution in [0.3, 0.4) is 0 Å². The molecule has 2 rings (SSSR count). The minimum absolute atomic E-state index is 0.0781. The Labute approximate surface area is 121 Å². The van der Waals surface area contributed by atoms with Crippen molar-refractivity contribution in [3.05, 3.63) is 58.1 Å². The van der Waals surface area contributed by atoms with Gasteiger partial charge < -0.3 is 15.7 Å². The molecule has 0 atom stereocenters. The molecular formula is C13H9BrF2N2O2. The molecule has 0 unspecified atom stereocenters. The number of halogens is 3. The Balaban J connectivity index is 2.35. The number of benzene rings is 2. The lowest BCUT2D eigenvalue weighted by Gasteiger charge is -2.09. The fourth-order valence-electron chi connectivity index (χ4n) is 1.48. The molecule has 0 spiro atoms. The molecule has 0 saturated heterocycles. The van der Waals surface area contributed by atoms with Crippen LogP contribution in [0, 0.1) is 11.6 Å². The molecule has 0 amide bonds. The Morgan fingerprint density at radius 3 is 2.20 bits per heavy atom. The average molecular weight is 343 g/mol. The summed E-state index contributed by atoms with van der Waals surface area (Å²) < 4.78 is 33.6. The SMILES string of the molecule is N/C(=N/O)c1cc(F)c(Oc2ccc(Br)cc2)c(F)c1. The van der Waals surface area contributed by atoms with Gasteiger partial charge in [-0.2, -0.15) is 0 Å². The second-order valence-electron chi connectivity index (χ2n) is 3.81. The van der Waals surface area contributed by atoms with Crippen LogP contribution in [-0.4, -0.2) is 11.0 Å². The smallest absolute Gasteiger partial charge is 0.198 e. The second-order valence-corrected chi connectivity index (χ2v) is 4.73. The fourth-order valence-corrected chi connectivity index (χ4v) is 1.75. The van der Waals surface area contributed by atoms with Crippen molar-refractivity contribution in [2.75, 3.05) is 0 Å². The number of amidine groups is 1. The molecule has 104 valence electrons. The molecule has 0 aliphatic heterocycles. The summed E-state index contributed by atoms with van der Waals surface area (Å²) in [7, 11) is 0. The van der Waals surface area contributed by atoms with Crippen LogP contribution in [0.4, 0.5) is 8.78 Å². The number of rotatable bonds is 3. The van der Waals surface area contributed by atoms with E-state index in [9.17, 15) is 8.78 Å². The van der Waals surface area contributed by atoms with Gasteiger partial charge in [0.15, 0.2) is 23.2 Å². The van der Waals surface area contributed by atoms with Crippen LogP contribution < -0.4 is 10.5 Å². The molecule has 0 aliphatic rings. The standard InChI is InChI=1S/C13H9BrF2N2O2/c14-8-1-3-9(4-2-8)20-12-10(15)5-7(6-11(12)16)13(17)18-19/h1-6,19H,(H2,17,18). The summed E-state index contributed by atoms with van der Waals surface area (Å²) in [5.74, 6) is -2.56. The van der Waals surface area contributed by atoms with Gasteiger partial charge in [0, 0.05) is 10.0 Å². The van der Waals surface area contributed by atoms with Gasteiger partial charge in [0.1, 0.15) is 5.75 Å². The predicted molar refractivity (Wildman–Crippen MR) is 73.1 cm³/mol. The molecule has 3 N–H and O–H groups in total. The zero-order valence-corrected chi connectivity index (χ0v) is 11.6. The molecule has 2 aromatic carbocycles. The number of hydrogen-bond acceptors (Lipinski definition) is 3. The van der Waals surface area contributed by atoms with Crippen molar-refractivity contribution in [1.29, 1.82) is 0 Å². The van der Waals surface area contributed by atoms with Crippen LogP contribution in [0.2, 0.25) is 0 Å². The molecule has 7 heteroatoms. The third-order valence-electron chi connectivity index (χ3n) is 2.44. The highest BCUT2D eigenvalue weighted by Crippen LogP contribution is 2.29. The largest absolute Gasteiger partial charge is 0.451 e. The first kappa shape index (κ1) is 14.3. The van der Waals surface area contributed by atoms with Gasteiger partial charge in [-0.15, -0.1) is 0 Å². The minimum atomic E-state index is -0.950. The molecule has 0 aromatic heterocycles. The summed E-state index contributed by atoms with van der Waals surface area (Å²) in [6, 6.07) is 8.31. The maximum Gasteiger partial charge on any atom is 0.198 e. The summed E-state index contributed by atoms with van der Waals surface area (Å²) in [5, 5.41) is 11.2. The third kappa shape index (κ3) is 3.05. The first-order valence-corrected chi connectivity index (χ1v) is 6.21. The monoisotopic (exact) mass is 342 g/mol. The maximum absolute atomic E-state index is 13.8. The van der Waals surface area contributed by atoms with Gasteiger partial charge >= 0.3 is 0 Å². The summed E-state index contributed by atoms with van der Waals surface area (Å²) >= 11 is 3.24. The first-order valence-electron chi connectivity index (χ1n) is 5.41. The lowest BCUT2D eigenvalue weighted by atomic mass is 10.2. The molecule has 0 fully saturated rings. The van der Waals surface area contributed by atoms with Crippen LogP contribution >= 0.6 is 15.9 Å². The number of nitrogens with two attached hydrogens (primary N) is 1. The normalized spacial score (nSPS) is 11.4. The predicted octanol–water partition coefficient (Wildman–Crippen LogP) is 3.61. The third-order valence-corrected chi connectivity index (χ3v) is 2.96. The van der Waals surface area contributed by atoms with E-state index in [1.54, 1.807) is 24.3 Å². The minimum Gasteiger partial charge on any atom is -0.451 e. The Morgan fingerprint density at radius 2 is 1.70 bits per heavy atom. The van der Waals surface area contributed by atoms with E-state index in [0.29, 0.717) is 0 Å². The van der Waals surface area contributed by atoms with Gasteiger partial charge in [-0.3, -0.25) is 0 Å². The number of hydrogen-bond donors (Lipinski definition) is 2. The molecular weight excluding hydrogens is 334 g/mol. The van der Waals surface area contributed by atoms with Gasteiger partial charge in [-0.25, -0.2) is 8.78 Å². The van der Waals surface area contributed by atoms with Crippen LogP contribution in [0.25, 0.3) is 0 Å². The van der Waals surface area contributed by atoms with Gasteiger partial charge in [0.05, 0.1) is 0 Å². The summed E-state index contributed by atoms with van der Waals surface area (Å²) in [5.41, 5.74) is 5.19. The lowest BCUT2D eigenvalue weighted by Crippen LogP contribution is -2.14. The average Bonchev–Trinajstić information content (AvgIpc) is 2.43. The van der Waals surface area contributed by atoms with E-state index in [-0.39, 0.29) is 11.3 Å². The fraction of sp³-hybridized carbons (Fsp3) is 0. The Hall–Kier alpha value is -2.15. The second kappa shape index (κ2) is 5.87. The lowest BCUT2D eigenvalue weighted by molar-refractivity contribution is 0.318. The van der Waals surface area contributed by atoms with Crippen molar-refractivity contribution >= 4 is 21.8 Å². The molecule has 4 nitrogen and oxygen atoms in total. The van der Waals surface area contributed by atoms with Crippen LogP contribution in [0.5, 0.6) is 11.5 Å². The van der Waals surface area contributed by atoms with Crippen molar-refractivity contribution in [1.82, 2.24) is 0 Å². The van der Waals surface area contributed by atoms with E-state index in [0.717, 1.165) is 16.6 Å². The summed E-state index contributed by atoms with van der Waals surface area (Å²) in [6.07, 6.45) is 0. The van der Waals surface area contributed by atoms with E-state index in [1.807, 2.05) is 0 Å². The van der Waals surface area contributed by atoms with Gasteiger partial charge in [0.2, 0.25) is 0 Å². The number of ether oxygens (including phenoxy) is 1. The first-order chi connectivity index (χ1) is 9.51. The maximum atomic E-state index is 13.8. The molecule has 0 radical (unpaired) electrons. The molecule has 0 saturated carbocycles. The summed E-state index contributed by atoms with van der Waals surface area (Å²) in [4.78, 5) is 0. The zero-order valence-electron chi connectivity index (χ0n) is 9.98. The van der Waals surface area contributed by atoms with Gasteiger partial charge in [0.25, 0.3) is 0 Å². The Bertz CT molecular complexity index is 637. The van der Waals surface area contributed by atoms with Gasteiger partial charge in [-0.05, 0) is 36.4 Å². The van der Waals surface area contributed by atoms with Crippen LogP contribution in [-0.2, 0) is 0 Å². The number of oxime groups is 1. The van der Waals surface area contributed by atoms with Crippen molar-refractivity contribution in [2.45, 2.75) is 0 Å². The molecule has 2 aromatic rings. The van der Waals surface area contributed by atoms with E-state index in [1.165, 1.54) is 0 Å². The van der Waals surface area contributed by atoms with Crippen molar-refractivity contribution < 1.29 is 18.7 Å². The Kier molecular flexibility index (Phi) is 4.19. The zero-order chi connectivity index (χ0) is 14.7. The molecule has 0 bridgehead atoms. The van der Waals surface area contributed by atoms with E-state index in [2.05, 4.69) is 21.1 Å². The van der Waals surface area contributed by atoms with Crippen molar-refractivity contribution in [3.63, 3.8) is 0 Å². The topological polar surface area (TPSA) is 67.8 Å². The van der Waals surface area contributed by atoms with E-state index >= 15 is 0 Å². The van der Waals surface area contributed by atoms with Crippen molar-refractivity contribution in [3.8, 4) is 11.5 Å². The highest BCUT2D eigenvalue weighted by molar-refractivity contribution is 9.10. The summed E-state index contributed by atoms with van der Waals surface area (Å²) in [6.45, 7) is 0. The van der Waals surface area contributed by atoms with Crippen LogP contribution in [0.15, 0.2) is 46.0 Å². The van der Waals surface area contributed by atoms with E-state index < -0.39 is 23.2 Å². The number of nitrogens with zero attached hydrogens (tertiary/aromatic N) is 1. The van der Waals surface area contributed by atoms with E-state index in [4.69, 9.17) is 15.7 Å². The molecule has 0 aliphatic carbocycles. The molecule has 0 heterocycles. The van der Waals surface area contributed by atoms with Crippen molar-refractivity contribution in [2.24, 2.45) is 10.9 Å². The van der Waals surface area contributed by atoms with Crippen LogP contribution in [0.1, 0.15) is 5.56 Å². The quantitative estimate of drug-likeness (QED) is 0.387. The highest BCUT2D eigenvalue weighted by atomic mass is 79.9. The highest BCUT2D eigenvalue weighted by Gasteiger charge is 2.15. The van der Waals surface area contributed by atoms with Gasteiger partial charge in [-0.1, -0.05) is 21.1 Å².